The topological polar surface area (TPSA) is 76.7 Å². The van der Waals surface area contributed by atoms with Gasteiger partial charge in [0.25, 0.3) is 0 Å². The molecule has 4 rings (SSSR count). The molecule has 1 aromatic carbocycles. The molecule has 0 bridgehead atoms. The Bertz CT molecular complexity index is 714. The molecule has 0 saturated carbocycles. The number of hydrogen-bond acceptors (Lipinski definition) is 8. The first kappa shape index (κ1) is 15.6. The van der Waals surface area contributed by atoms with Crippen LogP contribution < -0.4 is 20.1 Å². The number of rotatable bonds is 4. The first-order chi connectivity index (χ1) is 11.7. The van der Waals surface area contributed by atoms with E-state index in [1.165, 1.54) is 5.56 Å². The largest absolute Gasteiger partial charge is 0.454 e. The summed E-state index contributed by atoms with van der Waals surface area (Å²) in [5.74, 6) is 1.68. The van der Waals surface area contributed by atoms with Gasteiger partial charge in [-0.25, -0.2) is 0 Å². The van der Waals surface area contributed by atoms with E-state index in [-0.39, 0.29) is 0 Å². The number of fused-ring (bicyclic) bond motifs is 1. The van der Waals surface area contributed by atoms with Gasteiger partial charge in [0, 0.05) is 38.8 Å². The van der Waals surface area contributed by atoms with E-state index in [2.05, 4.69) is 39.1 Å². The fourth-order valence-corrected chi connectivity index (χ4v) is 3.91. The first-order valence-electron chi connectivity index (χ1n) is 8.15. The highest BCUT2D eigenvalue weighted by molar-refractivity contribution is 7.15. The van der Waals surface area contributed by atoms with Gasteiger partial charge in [0.15, 0.2) is 11.5 Å². The van der Waals surface area contributed by atoms with Gasteiger partial charge in [0.05, 0.1) is 0 Å². The molecule has 8 heteroatoms. The summed E-state index contributed by atoms with van der Waals surface area (Å²) in [7, 11) is 0. The fraction of sp³-hybridized carbons (Fsp3) is 0.500. The Hall–Kier alpha value is -1.90. The molecular weight excluding hydrogens is 326 g/mol. The zero-order chi connectivity index (χ0) is 16.5. The Morgan fingerprint density at radius 1 is 1.17 bits per heavy atom. The lowest BCUT2D eigenvalue weighted by Gasteiger charge is -2.38. The second kappa shape index (κ2) is 6.54. The number of piperazine rings is 1. The number of anilines is 1. The molecule has 7 nitrogen and oxygen atoms in total. The van der Waals surface area contributed by atoms with E-state index < -0.39 is 0 Å². The predicted octanol–water partition coefficient (Wildman–Crippen LogP) is 1.61. The Kier molecular flexibility index (Phi) is 4.26. The van der Waals surface area contributed by atoms with Crippen molar-refractivity contribution in [2.75, 3.05) is 37.9 Å². The number of benzene rings is 1. The van der Waals surface area contributed by atoms with E-state index in [1.807, 2.05) is 6.07 Å². The van der Waals surface area contributed by atoms with Crippen LogP contribution in [0.15, 0.2) is 18.2 Å². The SMILES string of the molecule is CC(c1ccc2c(c1)OCO2)N1CCN(c2nnc(CN)s2)CC1. The van der Waals surface area contributed by atoms with Crippen LogP contribution in [-0.2, 0) is 6.54 Å². The summed E-state index contributed by atoms with van der Waals surface area (Å²) in [6.07, 6.45) is 0. The average molecular weight is 347 g/mol. The summed E-state index contributed by atoms with van der Waals surface area (Å²) in [4.78, 5) is 4.78. The van der Waals surface area contributed by atoms with E-state index in [9.17, 15) is 0 Å². The van der Waals surface area contributed by atoms with Crippen LogP contribution >= 0.6 is 11.3 Å². The second-order valence-electron chi connectivity index (χ2n) is 5.99. The van der Waals surface area contributed by atoms with Crippen LogP contribution in [-0.4, -0.2) is 48.1 Å². The van der Waals surface area contributed by atoms with Crippen molar-refractivity contribution >= 4 is 16.5 Å². The van der Waals surface area contributed by atoms with Crippen LogP contribution in [0.3, 0.4) is 0 Å². The summed E-state index contributed by atoms with van der Waals surface area (Å²) >= 11 is 1.59. The zero-order valence-corrected chi connectivity index (χ0v) is 14.5. The zero-order valence-electron chi connectivity index (χ0n) is 13.6. The third-order valence-electron chi connectivity index (χ3n) is 4.64. The molecule has 128 valence electrons. The minimum absolute atomic E-state index is 0.318. The first-order valence-corrected chi connectivity index (χ1v) is 8.97. The van der Waals surface area contributed by atoms with E-state index >= 15 is 0 Å². The van der Waals surface area contributed by atoms with Crippen molar-refractivity contribution in [3.05, 3.63) is 28.8 Å². The van der Waals surface area contributed by atoms with Crippen LogP contribution in [0, 0.1) is 0 Å². The molecule has 2 aliphatic rings. The van der Waals surface area contributed by atoms with Gasteiger partial charge in [0.2, 0.25) is 11.9 Å². The molecule has 0 spiro atoms. The minimum atomic E-state index is 0.318. The standard InChI is InChI=1S/C16H21N5O2S/c1-11(12-2-3-13-14(8-12)23-10-22-13)20-4-6-21(7-5-20)16-19-18-15(9-17)24-16/h2-3,8,11H,4-7,9-10,17H2,1H3. The van der Waals surface area contributed by atoms with E-state index in [4.69, 9.17) is 15.2 Å². The van der Waals surface area contributed by atoms with E-state index in [1.54, 1.807) is 11.3 Å². The molecule has 24 heavy (non-hydrogen) atoms. The molecule has 1 atom stereocenters. The van der Waals surface area contributed by atoms with Gasteiger partial charge in [-0.3, -0.25) is 4.90 Å². The van der Waals surface area contributed by atoms with Crippen molar-refractivity contribution in [1.29, 1.82) is 0 Å². The van der Waals surface area contributed by atoms with Gasteiger partial charge in [-0.1, -0.05) is 17.4 Å². The highest BCUT2D eigenvalue weighted by Crippen LogP contribution is 2.35. The average Bonchev–Trinajstić information content (AvgIpc) is 3.29. The molecule has 2 N–H and O–H groups in total. The van der Waals surface area contributed by atoms with Gasteiger partial charge < -0.3 is 20.1 Å². The molecule has 2 aromatic rings. The van der Waals surface area contributed by atoms with Gasteiger partial charge in [-0.05, 0) is 24.6 Å². The summed E-state index contributed by atoms with van der Waals surface area (Å²) < 4.78 is 10.9. The summed E-state index contributed by atoms with van der Waals surface area (Å²) in [6.45, 7) is 6.91. The van der Waals surface area contributed by atoms with Crippen LogP contribution in [0.4, 0.5) is 5.13 Å². The van der Waals surface area contributed by atoms with Crippen LogP contribution in [0.1, 0.15) is 23.5 Å². The Labute approximate surface area is 145 Å². The van der Waals surface area contributed by atoms with Crippen molar-refractivity contribution in [1.82, 2.24) is 15.1 Å². The monoisotopic (exact) mass is 347 g/mol. The third kappa shape index (κ3) is 2.92. The third-order valence-corrected chi connectivity index (χ3v) is 5.65. The lowest BCUT2D eigenvalue weighted by Crippen LogP contribution is -2.47. The fourth-order valence-electron chi connectivity index (χ4n) is 3.14. The number of nitrogens with two attached hydrogens (primary N) is 1. The molecule has 2 aliphatic heterocycles. The Morgan fingerprint density at radius 2 is 1.96 bits per heavy atom. The Balaban J connectivity index is 1.40. The number of hydrogen-bond donors (Lipinski definition) is 1. The molecule has 1 unspecified atom stereocenters. The van der Waals surface area contributed by atoms with Crippen molar-refractivity contribution in [3.63, 3.8) is 0 Å². The van der Waals surface area contributed by atoms with Crippen LogP contribution in [0.2, 0.25) is 0 Å². The van der Waals surface area contributed by atoms with Crippen LogP contribution in [0.5, 0.6) is 11.5 Å². The van der Waals surface area contributed by atoms with Crippen molar-refractivity contribution in [2.24, 2.45) is 5.73 Å². The van der Waals surface area contributed by atoms with Gasteiger partial charge >= 0.3 is 0 Å². The van der Waals surface area contributed by atoms with E-state index in [0.717, 1.165) is 47.8 Å². The van der Waals surface area contributed by atoms with Crippen molar-refractivity contribution in [3.8, 4) is 11.5 Å². The van der Waals surface area contributed by atoms with E-state index in [0.29, 0.717) is 19.4 Å². The maximum atomic E-state index is 5.62. The van der Waals surface area contributed by atoms with Gasteiger partial charge in [-0.15, -0.1) is 10.2 Å². The summed E-state index contributed by atoms with van der Waals surface area (Å²) in [5, 5.41) is 10.2. The van der Waals surface area contributed by atoms with Crippen molar-refractivity contribution < 1.29 is 9.47 Å². The lowest BCUT2D eigenvalue weighted by molar-refractivity contribution is 0.173. The molecule has 1 saturated heterocycles. The Morgan fingerprint density at radius 3 is 2.71 bits per heavy atom. The summed E-state index contributed by atoms with van der Waals surface area (Å²) in [5.41, 5.74) is 6.88. The normalized spacial score (nSPS) is 18.8. The molecule has 0 radical (unpaired) electrons. The number of nitrogens with zero attached hydrogens (tertiary/aromatic N) is 4. The highest BCUT2D eigenvalue weighted by atomic mass is 32.1. The van der Waals surface area contributed by atoms with Gasteiger partial charge in [0.1, 0.15) is 5.01 Å². The smallest absolute Gasteiger partial charge is 0.231 e. The van der Waals surface area contributed by atoms with Crippen LogP contribution in [0.25, 0.3) is 0 Å². The second-order valence-corrected chi connectivity index (χ2v) is 7.03. The molecule has 3 heterocycles. The maximum absolute atomic E-state index is 5.62. The molecular formula is C16H21N5O2S. The van der Waals surface area contributed by atoms with Gasteiger partial charge in [-0.2, -0.15) is 0 Å². The quantitative estimate of drug-likeness (QED) is 0.900. The molecule has 1 aromatic heterocycles. The number of aromatic nitrogens is 2. The minimum Gasteiger partial charge on any atom is -0.454 e. The number of ether oxygens (including phenoxy) is 2. The molecule has 1 fully saturated rings. The lowest BCUT2D eigenvalue weighted by atomic mass is 10.1. The molecule has 0 aliphatic carbocycles. The maximum Gasteiger partial charge on any atom is 0.231 e. The highest BCUT2D eigenvalue weighted by Gasteiger charge is 2.25. The summed E-state index contributed by atoms with van der Waals surface area (Å²) in [6, 6.07) is 6.57. The molecule has 0 amide bonds. The predicted molar refractivity (Wildman–Crippen MR) is 92.6 cm³/mol. The van der Waals surface area contributed by atoms with Crippen molar-refractivity contribution in [2.45, 2.75) is 19.5 Å².